The molecule has 0 aromatic heterocycles. The van der Waals surface area contributed by atoms with Crippen LogP contribution in [0.1, 0.15) is 12.0 Å². The van der Waals surface area contributed by atoms with Gasteiger partial charge in [0.25, 0.3) is 10.2 Å². The van der Waals surface area contributed by atoms with E-state index in [-0.39, 0.29) is 37.2 Å². The summed E-state index contributed by atoms with van der Waals surface area (Å²) in [4.78, 5) is 12.4. The van der Waals surface area contributed by atoms with E-state index in [2.05, 4.69) is 5.32 Å². The van der Waals surface area contributed by atoms with Crippen molar-refractivity contribution in [2.24, 2.45) is 11.3 Å². The molecule has 27 heavy (non-hydrogen) atoms. The largest absolute Gasteiger partial charge is 0.380 e. The smallest absolute Gasteiger partial charge is 0.282 e. The zero-order valence-corrected chi connectivity index (χ0v) is 16.9. The fourth-order valence-electron chi connectivity index (χ4n) is 3.72. The molecule has 7 nitrogen and oxygen atoms in total. The summed E-state index contributed by atoms with van der Waals surface area (Å²) in [6.45, 7) is 4.39. The lowest BCUT2D eigenvalue weighted by Gasteiger charge is -2.54. The summed E-state index contributed by atoms with van der Waals surface area (Å²) in [6, 6.07) is 4.38. The van der Waals surface area contributed by atoms with Gasteiger partial charge < -0.3 is 10.1 Å². The fourth-order valence-corrected chi connectivity index (χ4v) is 5.63. The molecule has 0 saturated carbocycles. The minimum absolute atomic E-state index is 0. The molecular formula is C17H24FN3O4S2. The Kier molecular flexibility index (Phi) is 5.57. The van der Waals surface area contributed by atoms with E-state index in [1.54, 1.807) is 13.0 Å². The predicted octanol–water partition coefficient (Wildman–Crippen LogP) is 1.08. The van der Waals surface area contributed by atoms with E-state index in [0.717, 1.165) is 0 Å². The second-order valence-electron chi connectivity index (χ2n) is 7.57. The van der Waals surface area contributed by atoms with Crippen molar-refractivity contribution in [1.29, 1.82) is 0 Å². The van der Waals surface area contributed by atoms with Crippen molar-refractivity contribution in [3.8, 4) is 0 Å². The zero-order valence-electron chi connectivity index (χ0n) is 15.1. The first-order valence-electron chi connectivity index (χ1n) is 8.69. The molecule has 1 N–H and O–H groups in total. The Balaban J connectivity index is 0.00000210. The van der Waals surface area contributed by atoms with Gasteiger partial charge in [0.15, 0.2) is 0 Å². The third-order valence-electron chi connectivity index (χ3n) is 5.44. The highest BCUT2D eigenvalue weighted by Gasteiger charge is 2.54. The number of aryl methyl sites for hydroxylation is 1. The first kappa shape index (κ1) is 20.5. The lowest BCUT2D eigenvalue weighted by atomic mass is 9.80. The van der Waals surface area contributed by atoms with Crippen LogP contribution >= 0.6 is 13.5 Å². The van der Waals surface area contributed by atoms with Crippen LogP contribution in [0.25, 0.3) is 0 Å². The average molecular weight is 418 g/mol. The van der Waals surface area contributed by atoms with E-state index in [0.29, 0.717) is 50.5 Å². The van der Waals surface area contributed by atoms with Crippen molar-refractivity contribution in [1.82, 2.24) is 8.61 Å². The van der Waals surface area contributed by atoms with Crippen LogP contribution in [0.3, 0.4) is 0 Å². The standard InChI is InChI=1S/C17H22FN3O4S.H2S/c1-12-6-14(2-3-15(12)18)19-16(22)13-4-5-20(7-13)26(23,24)21-8-17(9-21)10-25-11-17;/h2-3,6,13H,4-5,7-11H2,1H3,(H,19,22);1H2/t13-;/m0./s1. The average Bonchev–Trinajstić information content (AvgIpc) is 2.98. The van der Waals surface area contributed by atoms with E-state index in [4.69, 9.17) is 4.74 Å². The van der Waals surface area contributed by atoms with Gasteiger partial charge in [-0.25, -0.2) is 4.39 Å². The van der Waals surface area contributed by atoms with Crippen LogP contribution in [0.2, 0.25) is 0 Å². The Morgan fingerprint density at radius 2 is 2.00 bits per heavy atom. The zero-order chi connectivity index (χ0) is 18.5. The summed E-state index contributed by atoms with van der Waals surface area (Å²) in [5.74, 6) is -0.969. The molecule has 1 aromatic carbocycles. The molecule has 3 saturated heterocycles. The minimum atomic E-state index is -3.52. The van der Waals surface area contributed by atoms with E-state index < -0.39 is 16.1 Å². The molecule has 10 heteroatoms. The van der Waals surface area contributed by atoms with Crippen LogP contribution in [-0.4, -0.2) is 62.3 Å². The molecule has 0 radical (unpaired) electrons. The van der Waals surface area contributed by atoms with Crippen LogP contribution in [-0.2, 0) is 19.7 Å². The maximum Gasteiger partial charge on any atom is 0.282 e. The van der Waals surface area contributed by atoms with Gasteiger partial charge in [-0.3, -0.25) is 4.79 Å². The van der Waals surface area contributed by atoms with Gasteiger partial charge >= 0.3 is 0 Å². The highest BCUT2D eigenvalue weighted by atomic mass is 32.2. The number of benzene rings is 1. The Bertz CT molecular complexity index is 837. The van der Waals surface area contributed by atoms with Gasteiger partial charge in [-0.05, 0) is 37.1 Å². The molecule has 1 spiro atoms. The summed E-state index contributed by atoms with van der Waals surface area (Å²) >= 11 is 0. The molecule has 4 rings (SSSR count). The van der Waals surface area contributed by atoms with Crippen LogP contribution in [0.4, 0.5) is 10.1 Å². The number of amides is 1. The van der Waals surface area contributed by atoms with Crippen molar-refractivity contribution in [3.63, 3.8) is 0 Å². The van der Waals surface area contributed by atoms with Crippen LogP contribution in [0, 0.1) is 24.1 Å². The van der Waals surface area contributed by atoms with Gasteiger partial charge in [-0.2, -0.15) is 30.5 Å². The summed E-state index contributed by atoms with van der Waals surface area (Å²) in [5.41, 5.74) is 0.985. The van der Waals surface area contributed by atoms with Crippen LogP contribution in [0.5, 0.6) is 0 Å². The number of halogens is 1. The maximum absolute atomic E-state index is 13.3. The number of carbonyl (C=O) groups excluding carboxylic acids is 1. The SMILES string of the molecule is Cc1cc(NC(=O)[C@H]2CCN(S(=O)(=O)N3CC4(COC4)C3)C2)ccc1F.S. The van der Waals surface area contributed by atoms with Gasteiger partial charge in [0.05, 0.1) is 19.1 Å². The Hall–Kier alpha value is -1.20. The maximum atomic E-state index is 13.3. The van der Waals surface area contributed by atoms with Crippen LogP contribution in [0.15, 0.2) is 18.2 Å². The van der Waals surface area contributed by atoms with Gasteiger partial charge in [-0.15, -0.1) is 0 Å². The molecule has 150 valence electrons. The second-order valence-corrected chi connectivity index (χ2v) is 9.49. The highest BCUT2D eigenvalue weighted by Crippen LogP contribution is 2.40. The van der Waals surface area contributed by atoms with Gasteiger partial charge in [0, 0.05) is 37.3 Å². The summed E-state index contributed by atoms with van der Waals surface area (Å²) in [6.07, 6.45) is 0.479. The molecule has 3 fully saturated rings. The summed E-state index contributed by atoms with van der Waals surface area (Å²) in [7, 11) is -3.52. The quantitative estimate of drug-likeness (QED) is 0.795. The number of nitrogens with one attached hydrogen (secondary N) is 1. The third kappa shape index (κ3) is 3.73. The molecule has 0 aliphatic carbocycles. The number of anilines is 1. The molecule has 1 atom stereocenters. The van der Waals surface area contributed by atoms with Crippen molar-refractivity contribution in [3.05, 3.63) is 29.6 Å². The van der Waals surface area contributed by atoms with Gasteiger partial charge in [-0.1, -0.05) is 0 Å². The predicted molar refractivity (Wildman–Crippen MR) is 104 cm³/mol. The number of hydrogen-bond acceptors (Lipinski definition) is 4. The molecule has 3 heterocycles. The molecule has 1 aromatic rings. The summed E-state index contributed by atoms with van der Waals surface area (Å²) < 4.78 is 46.7. The lowest BCUT2D eigenvalue weighted by molar-refractivity contribution is -0.167. The van der Waals surface area contributed by atoms with Gasteiger partial charge in [0.2, 0.25) is 5.91 Å². The van der Waals surface area contributed by atoms with E-state index in [9.17, 15) is 17.6 Å². The molecule has 0 unspecified atom stereocenters. The van der Waals surface area contributed by atoms with Crippen molar-refractivity contribution in [2.75, 3.05) is 44.7 Å². The van der Waals surface area contributed by atoms with E-state index in [1.807, 2.05) is 0 Å². The van der Waals surface area contributed by atoms with E-state index in [1.165, 1.54) is 20.7 Å². The molecule has 3 aliphatic rings. The van der Waals surface area contributed by atoms with Gasteiger partial charge in [0.1, 0.15) is 5.82 Å². The normalized spacial score (nSPS) is 24.7. The van der Waals surface area contributed by atoms with Crippen molar-refractivity contribution in [2.45, 2.75) is 13.3 Å². The minimum Gasteiger partial charge on any atom is -0.380 e. The Morgan fingerprint density at radius 3 is 2.59 bits per heavy atom. The molecule has 0 bridgehead atoms. The number of hydrogen-bond donors (Lipinski definition) is 1. The van der Waals surface area contributed by atoms with Crippen molar-refractivity contribution < 1.29 is 22.3 Å². The Labute approximate surface area is 165 Å². The Morgan fingerprint density at radius 1 is 1.30 bits per heavy atom. The lowest BCUT2D eigenvalue weighted by Crippen LogP contribution is -2.68. The number of rotatable bonds is 4. The topological polar surface area (TPSA) is 79.0 Å². The molecule has 3 aliphatic heterocycles. The first-order chi connectivity index (χ1) is 12.3. The molecule has 1 amide bonds. The number of carbonyl (C=O) groups is 1. The monoisotopic (exact) mass is 417 g/mol. The van der Waals surface area contributed by atoms with E-state index >= 15 is 0 Å². The number of nitrogens with zero attached hydrogens (tertiary/aromatic N) is 2. The fraction of sp³-hybridized carbons (Fsp3) is 0.588. The number of ether oxygens (including phenoxy) is 1. The highest BCUT2D eigenvalue weighted by molar-refractivity contribution is 7.86. The second kappa shape index (κ2) is 7.32. The third-order valence-corrected chi connectivity index (χ3v) is 7.33. The summed E-state index contributed by atoms with van der Waals surface area (Å²) in [5, 5.41) is 2.76. The first-order valence-corrected chi connectivity index (χ1v) is 10.1. The molecular weight excluding hydrogens is 393 g/mol. The van der Waals surface area contributed by atoms with Crippen LogP contribution < -0.4 is 5.32 Å². The van der Waals surface area contributed by atoms with Crippen molar-refractivity contribution >= 4 is 35.3 Å².